The van der Waals surface area contributed by atoms with Gasteiger partial charge in [-0.05, 0) is 47.5 Å². The minimum atomic E-state index is -0.400. The van der Waals surface area contributed by atoms with Crippen molar-refractivity contribution in [1.29, 1.82) is 0 Å². The monoisotopic (exact) mass is 384 g/mol. The standard InChI is InChI=1S/C20H20N2O6/c23-15-7-13(8-16(24)11-15)1-3-19(27)21-5-6-22-20(28)4-2-14-9-17(25)12-18(26)10-14/h1-4,7-12,23-26H,5-6H2,(H,21,27)(H,22,28). The Balaban J connectivity index is 1.72. The van der Waals surface area contributed by atoms with Gasteiger partial charge in [-0.25, -0.2) is 0 Å². The Morgan fingerprint density at radius 3 is 1.29 bits per heavy atom. The molecule has 146 valence electrons. The van der Waals surface area contributed by atoms with Crippen molar-refractivity contribution in [2.24, 2.45) is 0 Å². The third-order valence-corrected chi connectivity index (χ3v) is 3.43. The summed E-state index contributed by atoms with van der Waals surface area (Å²) in [5.74, 6) is -1.26. The van der Waals surface area contributed by atoms with Crippen molar-refractivity contribution in [3.05, 3.63) is 59.7 Å². The first-order chi connectivity index (χ1) is 13.3. The second kappa shape index (κ2) is 9.67. The van der Waals surface area contributed by atoms with E-state index in [0.717, 1.165) is 0 Å². The molecular weight excluding hydrogens is 364 g/mol. The van der Waals surface area contributed by atoms with Crippen molar-refractivity contribution in [3.63, 3.8) is 0 Å². The van der Waals surface area contributed by atoms with Crippen molar-refractivity contribution >= 4 is 24.0 Å². The fourth-order valence-corrected chi connectivity index (χ4v) is 2.26. The molecule has 2 aromatic rings. The van der Waals surface area contributed by atoms with Crippen molar-refractivity contribution in [1.82, 2.24) is 10.6 Å². The molecule has 2 amide bonds. The predicted octanol–water partition coefficient (Wildman–Crippen LogP) is 1.47. The van der Waals surface area contributed by atoms with Crippen LogP contribution in [0, 0.1) is 0 Å². The maximum Gasteiger partial charge on any atom is 0.244 e. The molecule has 0 atom stereocenters. The lowest BCUT2D eigenvalue weighted by molar-refractivity contribution is -0.118. The zero-order valence-corrected chi connectivity index (χ0v) is 14.8. The molecule has 0 radical (unpaired) electrons. The SMILES string of the molecule is O=C(C=Cc1cc(O)cc(O)c1)NCCNC(=O)C=Cc1cc(O)cc(O)c1. The molecule has 2 aromatic carbocycles. The van der Waals surface area contributed by atoms with Gasteiger partial charge in [0.15, 0.2) is 0 Å². The highest BCUT2D eigenvalue weighted by Gasteiger charge is 2.00. The summed E-state index contributed by atoms with van der Waals surface area (Å²) in [6.45, 7) is 0.391. The fraction of sp³-hybridized carbons (Fsp3) is 0.100. The minimum absolute atomic E-state index is 0.114. The van der Waals surface area contributed by atoms with Crippen LogP contribution in [0.4, 0.5) is 0 Å². The third-order valence-electron chi connectivity index (χ3n) is 3.43. The highest BCUT2D eigenvalue weighted by molar-refractivity contribution is 5.92. The van der Waals surface area contributed by atoms with Gasteiger partial charge >= 0.3 is 0 Å². The van der Waals surface area contributed by atoms with Gasteiger partial charge in [0.2, 0.25) is 11.8 Å². The van der Waals surface area contributed by atoms with Gasteiger partial charge in [-0.1, -0.05) is 0 Å². The number of hydrogen-bond donors (Lipinski definition) is 6. The summed E-state index contributed by atoms with van der Waals surface area (Å²) in [6.07, 6.45) is 5.34. The van der Waals surface area contributed by atoms with Crippen LogP contribution in [0.5, 0.6) is 23.0 Å². The van der Waals surface area contributed by atoms with Gasteiger partial charge in [0.05, 0.1) is 0 Å². The lowest BCUT2D eigenvalue weighted by atomic mass is 10.2. The van der Waals surface area contributed by atoms with Crippen LogP contribution in [0.25, 0.3) is 12.2 Å². The Morgan fingerprint density at radius 2 is 0.964 bits per heavy atom. The molecule has 8 nitrogen and oxygen atoms in total. The highest BCUT2D eigenvalue weighted by atomic mass is 16.3. The van der Waals surface area contributed by atoms with Gasteiger partial charge in [-0.2, -0.15) is 0 Å². The van der Waals surface area contributed by atoms with Gasteiger partial charge in [0.1, 0.15) is 23.0 Å². The number of amides is 2. The molecule has 0 saturated heterocycles. The quantitative estimate of drug-likeness (QED) is 0.316. The zero-order valence-electron chi connectivity index (χ0n) is 14.8. The summed E-state index contributed by atoms with van der Waals surface area (Å²) in [5, 5.41) is 42.6. The molecule has 0 saturated carbocycles. The molecule has 2 rings (SSSR count). The molecule has 0 heterocycles. The van der Waals surface area contributed by atoms with Crippen molar-refractivity contribution in [2.45, 2.75) is 0 Å². The Hall–Kier alpha value is -3.94. The van der Waals surface area contributed by atoms with E-state index in [1.165, 1.54) is 60.7 Å². The van der Waals surface area contributed by atoms with E-state index in [-0.39, 0.29) is 36.1 Å². The summed E-state index contributed by atoms with van der Waals surface area (Å²) >= 11 is 0. The Bertz CT molecular complexity index is 805. The molecule has 0 spiro atoms. The normalized spacial score (nSPS) is 11.0. The van der Waals surface area contributed by atoms with Crippen LogP contribution in [-0.4, -0.2) is 45.3 Å². The van der Waals surface area contributed by atoms with Crippen LogP contribution in [0.15, 0.2) is 48.6 Å². The Morgan fingerprint density at radius 1 is 0.643 bits per heavy atom. The number of carbonyl (C=O) groups excluding carboxylic acids is 2. The molecule has 8 heteroatoms. The maximum atomic E-state index is 11.7. The van der Waals surface area contributed by atoms with Gasteiger partial charge in [0, 0.05) is 37.4 Å². The summed E-state index contributed by atoms with van der Waals surface area (Å²) in [7, 11) is 0. The van der Waals surface area contributed by atoms with Crippen LogP contribution in [-0.2, 0) is 9.59 Å². The molecule has 0 unspecified atom stereocenters. The lowest BCUT2D eigenvalue weighted by Crippen LogP contribution is -2.33. The van der Waals surface area contributed by atoms with Crippen LogP contribution in [0.2, 0.25) is 0 Å². The Labute approximate surface area is 161 Å². The molecule has 28 heavy (non-hydrogen) atoms. The molecule has 0 fully saturated rings. The van der Waals surface area contributed by atoms with Crippen LogP contribution in [0.1, 0.15) is 11.1 Å². The van der Waals surface area contributed by atoms with Crippen LogP contribution >= 0.6 is 0 Å². The third kappa shape index (κ3) is 7.12. The van der Waals surface area contributed by atoms with E-state index >= 15 is 0 Å². The smallest absolute Gasteiger partial charge is 0.244 e. The number of aromatic hydroxyl groups is 4. The van der Waals surface area contributed by atoms with E-state index in [2.05, 4.69) is 10.6 Å². The Kier molecular flexibility index (Phi) is 7.04. The molecule has 0 aromatic heterocycles. The number of carbonyl (C=O) groups is 2. The number of nitrogens with one attached hydrogen (secondary N) is 2. The number of benzene rings is 2. The predicted molar refractivity (Wildman–Crippen MR) is 104 cm³/mol. The largest absolute Gasteiger partial charge is 0.508 e. The number of hydrogen-bond acceptors (Lipinski definition) is 6. The summed E-state index contributed by atoms with van der Waals surface area (Å²) in [5.41, 5.74) is 0.924. The van der Waals surface area contributed by atoms with Gasteiger partial charge in [-0.3, -0.25) is 9.59 Å². The van der Waals surface area contributed by atoms with Crippen molar-refractivity contribution in [2.75, 3.05) is 13.1 Å². The molecule has 0 aliphatic carbocycles. The van der Waals surface area contributed by atoms with E-state index in [0.29, 0.717) is 11.1 Å². The van der Waals surface area contributed by atoms with Gasteiger partial charge < -0.3 is 31.1 Å². The van der Waals surface area contributed by atoms with Gasteiger partial charge in [-0.15, -0.1) is 0 Å². The molecule has 0 bridgehead atoms. The van der Waals surface area contributed by atoms with Crippen molar-refractivity contribution in [3.8, 4) is 23.0 Å². The van der Waals surface area contributed by atoms with Crippen LogP contribution < -0.4 is 10.6 Å². The zero-order chi connectivity index (χ0) is 20.5. The molecule has 0 aliphatic rings. The molecule has 6 N–H and O–H groups in total. The van der Waals surface area contributed by atoms with E-state index in [1.807, 2.05) is 0 Å². The first-order valence-corrected chi connectivity index (χ1v) is 8.30. The first kappa shape index (κ1) is 20.4. The van der Waals surface area contributed by atoms with Gasteiger partial charge in [0.25, 0.3) is 0 Å². The number of phenols is 4. The topological polar surface area (TPSA) is 139 Å². The average molecular weight is 384 g/mol. The first-order valence-electron chi connectivity index (χ1n) is 8.30. The maximum absolute atomic E-state index is 11.7. The van der Waals surface area contributed by atoms with E-state index in [9.17, 15) is 30.0 Å². The summed E-state index contributed by atoms with van der Waals surface area (Å²) in [6, 6.07) is 7.92. The number of phenolic OH excluding ortho intramolecular Hbond substituents is 4. The number of rotatable bonds is 7. The second-order valence-electron chi connectivity index (χ2n) is 5.81. The summed E-state index contributed by atoms with van der Waals surface area (Å²) in [4.78, 5) is 23.4. The lowest BCUT2D eigenvalue weighted by Gasteiger charge is -2.03. The molecular formula is C20H20N2O6. The van der Waals surface area contributed by atoms with E-state index in [1.54, 1.807) is 0 Å². The molecule has 0 aliphatic heterocycles. The second-order valence-corrected chi connectivity index (χ2v) is 5.81. The minimum Gasteiger partial charge on any atom is -0.508 e. The fourth-order valence-electron chi connectivity index (χ4n) is 2.26. The van der Waals surface area contributed by atoms with E-state index in [4.69, 9.17) is 0 Å². The average Bonchev–Trinajstić information content (AvgIpc) is 2.60. The highest BCUT2D eigenvalue weighted by Crippen LogP contribution is 2.21. The van der Waals surface area contributed by atoms with E-state index < -0.39 is 11.8 Å². The van der Waals surface area contributed by atoms with Crippen LogP contribution in [0.3, 0.4) is 0 Å². The summed E-state index contributed by atoms with van der Waals surface area (Å²) < 4.78 is 0. The van der Waals surface area contributed by atoms with Crippen molar-refractivity contribution < 1.29 is 30.0 Å².